The van der Waals surface area contributed by atoms with Crippen molar-refractivity contribution in [1.82, 2.24) is 10.2 Å². The molecule has 0 aromatic heterocycles. The van der Waals surface area contributed by atoms with Crippen molar-refractivity contribution in [2.75, 3.05) is 13.2 Å². The van der Waals surface area contributed by atoms with Crippen LogP contribution >= 0.6 is 0 Å². The molecule has 2 N–H and O–H groups in total. The number of nitrogens with one attached hydrogen (secondary N) is 1. The Bertz CT molecular complexity index is 1090. The van der Waals surface area contributed by atoms with Crippen molar-refractivity contribution in [1.29, 1.82) is 0 Å². The first kappa shape index (κ1) is 20.9. The molecule has 1 saturated heterocycles. The highest BCUT2D eigenvalue weighted by Gasteiger charge is 2.51. The molecule has 1 fully saturated rings. The average Bonchev–Trinajstić information content (AvgIpc) is 3.03. The molecule has 31 heavy (non-hydrogen) atoms. The number of β-amino-alcohol motifs (C(OH)–C–C–N with tert-alkyl or cyclic N) is 1. The fraction of sp³-hybridized carbons (Fsp3) is 0.280. The first-order chi connectivity index (χ1) is 15.0. The summed E-state index contributed by atoms with van der Waals surface area (Å²) in [6.07, 6.45) is 0.207. The third-order valence-corrected chi connectivity index (χ3v) is 5.62. The summed E-state index contributed by atoms with van der Waals surface area (Å²) in [5.41, 5.74) is -0.342. The van der Waals surface area contributed by atoms with E-state index in [9.17, 15) is 14.7 Å². The summed E-state index contributed by atoms with van der Waals surface area (Å²) in [5.74, 6) is 0.287. The van der Waals surface area contributed by atoms with Gasteiger partial charge in [0.2, 0.25) is 0 Å². The van der Waals surface area contributed by atoms with Crippen LogP contribution in [-0.4, -0.2) is 41.2 Å². The Balaban J connectivity index is 1.44. The molecular formula is C25H26N2O4. The Hall–Kier alpha value is -3.38. The van der Waals surface area contributed by atoms with Gasteiger partial charge in [-0.05, 0) is 34.9 Å². The second kappa shape index (κ2) is 8.78. The third-order valence-electron chi connectivity index (χ3n) is 5.62. The smallest absolute Gasteiger partial charge is 0.325 e. The van der Waals surface area contributed by atoms with Crippen LogP contribution in [0.4, 0.5) is 4.79 Å². The molecule has 160 valence electrons. The third kappa shape index (κ3) is 4.11. The van der Waals surface area contributed by atoms with E-state index in [0.717, 1.165) is 27.7 Å². The Morgan fingerprint density at radius 2 is 1.71 bits per heavy atom. The molecule has 1 heterocycles. The molecule has 2 atom stereocenters. The van der Waals surface area contributed by atoms with Gasteiger partial charge in [0.05, 0.1) is 6.54 Å². The number of fused-ring (bicyclic) bond motifs is 1. The largest absolute Gasteiger partial charge is 0.491 e. The number of aliphatic hydroxyl groups is 1. The monoisotopic (exact) mass is 418 g/mol. The first-order valence-electron chi connectivity index (χ1n) is 10.5. The van der Waals surface area contributed by atoms with E-state index in [2.05, 4.69) is 5.32 Å². The topological polar surface area (TPSA) is 78.9 Å². The van der Waals surface area contributed by atoms with Gasteiger partial charge >= 0.3 is 6.03 Å². The highest BCUT2D eigenvalue weighted by atomic mass is 16.5. The quantitative estimate of drug-likeness (QED) is 0.545. The Morgan fingerprint density at radius 1 is 1.00 bits per heavy atom. The number of benzene rings is 3. The van der Waals surface area contributed by atoms with Gasteiger partial charge in [0.1, 0.15) is 24.0 Å². The molecule has 1 aliphatic rings. The number of carbonyl (C=O) groups is 2. The fourth-order valence-electron chi connectivity index (χ4n) is 4.11. The van der Waals surface area contributed by atoms with Crippen molar-refractivity contribution in [3.05, 3.63) is 78.4 Å². The molecule has 3 aromatic rings. The summed E-state index contributed by atoms with van der Waals surface area (Å²) in [6, 6.07) is 22.4. The molecule has 0 aliphatic carbocycles. The maximum atomic E-state index is 13.3. The number of nitrogens with zero attached hydrogens (tertiary/aromatic N) is 1. The van der Waals surface area contributed by atoms with Gasteiger partial charge in [0.25, 0.3) is 5.91 Å². The zero-order chi connectivity index (χ0) is 21.8. The zero-order valence-electron chi connectivity index (χ0n) is 17.5. The predicted octanol–water partition coefficient (Wildman–Crippen LogP) is 3.83. The van der Waals surface area contributed by atoms with Gasteiger partial charge in [0, 0.05) is 0 Å². The lowest BCUT2D eigenvalue weighted by molar-refractivity contribution is -0.133. The van der Waals surface area contributed by atoms with Crippen LogP contribution in [0, 0.1) is 0 Å². The van der Waals surface area contributed by atoms with Crippen molar-refractivity contribution in [3.63, 3.8) is 0 Å². The SMILES string of the molecule is CCCC1(c2ccccc2)NC(=O)N(CC(O)COc2ccc3ccccc3c2)C1=O. The molecular weight excluding hydrogens is 392 g/mol. The van der Waals surface area contributed by atoms with Gasteiger partial charge in [-0.15, -0.1) is 0 Å². The number of carbonyl (C=O) groups excluding carboxylic acids is 2. The minimum absolute atomic E-state index is 0.0263. The lowest BCUT2D eigenvalue weighted by atomic mass is 9.85. The molecule has 6 heteroatoms. The van der Waals surface area contributed by atoms with E-state index in [1.165, 1.54) is 0 Å². The van der Waals surface area contributed by atoms with Crippen molar-refractivity contribution in [3.8, 4) is 5.75 Å². The summed E-state index contributed by atoms with van der Waals surface area (Å²) in [5, 5.41) is 15.5. The van der Waals surface area contributed by atoms with Crippen LogP contribution < -0.4 is 10.1 Å². The Labute approximate surface area is 181 Å². The maximum absolute atomic E-state index is 13.3. The maximum Gasteiger partial charge on any atom is 0.325 e. The summed E-state index contributed by atoms with van der Waals surface area (Å²) >= 11 is 0. The Kier molecular flexibility index (Phi) is 5.91. The lowest BCUT2D eigenvalue weighted by Gasteiger charge is -2.27. The van der Waals surface area contributed by atoms with Crippen LogP contribution in [0.2, 0.25) is 0 Å². The van der Waals surface area contributed by atoms with Crippen molar-refractivity contribution in [2.24, 2.45) is 0 Å². The molecule has 3 aromatic carbocycles. The minimum atomic E-state index is -1.09. The predicted molar refractivity (Wildman–Crippen MR) is 119 cm³/mol. The highest BCUT2D eigenvalue weighted by Crippen LogP contribution is 2.33. The number of hydrogen-bond donors (Lipinski definition) is 2. The first-order valence-corrected chi connectivity index (χ1v) is 10.5. The summed E-state index contributed by atoms with van der Waals surface area (Å²) in [7, 11) is 0. The number of rotatable bonds is 8. The Morgan fingerprint density at radius 3 is 2.45 bits per heavy atom. The highest BCUT2D eigenvalue weighted by molar-refractivity contribution is 6.07. The van der Waals surface area contributed by atoms with Crippen LogP contribution in [0.15, 0.2) is 72.8 Å². The molecule has 2 unspecified atom stereocenters. The molecule has 0 spiro atoms. The van der Waals surface area contributed by atoms with Crippen molar-refractivity contribution in [2.45, 2.75) is 31.4 Å². The minimum Gasteiger partial charge on any atom is -0.491 e. The lowest BCUT2D eigenvalue weighted by Crippen LogP contribution is -2.45. The fourth-order valence-corrected chi connectivity index (χ4v) is 4.11. The van der Waals surface area contributed by atoms with Gasteiger partial charge in [-0.1, -0.05) is 74.0 Å². The van der Waals surface area contributed by atoms with Gasteiger partial charge in [-0.2, -0.15) is 0 Å². The van der Waals surface area contributed by atoms with E-state index in [1.807, 2.05) is 79.7 Å². The van der Waals surface area contributed by atoms with Crippen LogP contribution in [-0.2, 0) is 10.3 Å². The van der Waals surface area contributed by atoms with E-state index in [4.69, 9.17) is 4.74 Å². The number of imide groups is 1. The normalized spacial score (nSPS) is 19.5. The molecule has 0 saturated carbocycles. The van der Waals surface area contributed by atoms with Crippen LogP contribution in [0.25, 0.3) is 10.8 Å². The average molecular weight is 418 g/mol. The van der Waals surface area contributed by atoms with E-state index < -0.39 is 17.7 Å². The molecule has 6 nitrogen and oxygen atoms in total. The molecule has 0 bridgehead atoms. The number of hydrogen-bond acceptors (Lipinski definition) is 4. The summed E-state index contributed by atoms with van der Waals surface area (Å²) in [6.45, 7) is 1.82. The number of ether oxygens (including phenoxy) is 1. The van der Waals surface area contributed by atoms with Gasteiger partial charge in [-0.25, -0.2) is 4.79 Å². The van der Waals surface area contributed by atoms with Crippen molar-refractivity contribution >= 4 is 22.7 Å². The second-order valence-corrected chi connectivity index (χ2v) is 7.84. The van der Waals surface area contributed by atoms with Crippen LogP contribution in [0.3, 0.4) is 0 Å². The van der Waals surface area contributed by atoms with E-state index in [-0.39, 0.29) is 19.1 Å². The van der Waals surface area contributed by atoms with Gasteiger partial charge < -0.3 is 15.2 Å². The number of amides is 3. The summed E-state index contributed by atoms with van der Waals surface area (Å²) in [4.78, 5) is 27.0. The molecule has 4 rings (SSSR count). The molecule has 1 aliphatic heterocycles. The van der Waals surface area contributed by atoms with Gasteiger partial charge in [0.15, 0.2) is 0 Å². The van der Waals surface area contributed by atoms with Crippen LogP contribution in [0.1, 0.15) is 25.3 Å². The van der Waals surface area contributed by atoms with Crippen molar-refractivity contribution < 1.29 is 19.4 Å². The standard InChI is InChI=1S/C25H26N2O4/c1-2-14-25(20-10-4-3-5-11-20)23(29)27(24(30)26-25)16-21(28)17-31-22-13-12-18-8-6-7-9-19(18)15-22/h3-13,15,21,28H,2,14,16-17H2,1H3,(H,26,30). The second-order valence-electron chi connectivity index (χ2n) is 7.84. The van der Waals surface area contributed by atoms with E-state index in [0.29, 0.717) is 12.2 Å². The van der Waals surface area contributed by atoms with E-state index >= 15 is 0 Å². The summed E-state index contributed by atoms with van der Waals surface area (Å²) < 4.78 is 5.72. The van der Waals surface area contributed by atoms with E-state index in [1.54, 1.807) is 0 Å². The number of aliphatic hydroxyl groups excluding tert-OH is 1. The number of urea groups is 1. The molecule has 0 radical (unpaired) electrons. The van der Waals surface area contributed by atoms with Gasteiger partial charge in [-0.3, -0.25) is 9.69 Å². The van der Waals surface area contributed by atoms with Crippen LogP contribution in [0.5, 0.6) is 5.75 Å². The zero-order valence-corrected chi connectivity index (χ0v) is 17.5. The molecule has 3 amide bonds.